The zero-order chi connectivity index (χ0) is 15.3. The fourth-order valence-corrected chi connectivity index (χ4v) is 4.61. The Labute approximate surface area is 155 Å². The molecule has 22 heavy (non-hydrogen) atoms. The molecule has 0 aromatic heterocycles. The first kappa shape index (κ1) is 20.2. The molecule has 128 valence electrons. The van der Waals surface area contributed by atoms with E-state index in [1.165, 1.54) is 38.5 Å². The zero-order valence-corrected chi connectivity index (χ0v) is 17.5. The van der Waals surface area contributed by atoms with Crippen LogP contribution in [-0.2, 0) is 4.74 Å². The number of hydrogen-bond acceptors (Lipinski definition) is 2. The summed E-state index contributed by atoms with van der Waals surface area (Å²) in [6, 6.07) is 0. The van der Waals surface area contributed by atoms with E-state index in [2.05, 4.69) is 47.8 Å². The van der Waals surface area contributed by atoms with Gasteiger partial charge in [0.15, 0.2) is 6.40 Å². The summed E-state index contributed by atoms with van der Waals surface area (Å²) < 4.78 is 5.14. The maximum Gasteiger partial charge on any atom is 0.174 e. The fraction of sp³-hybridized carbons (Fsp3) is 0.833. The highest BCUT2D eigenvalue weighted by molar-refractivity contribution is 9.09. The van der Waals surface area contributed by atoms with E-state index in [4.69, 9.17) is 4.74 Å². The third-order valence-electron chi connectivity index (χ3n) is 5.67. The summed E-state index contributed by atoms with van der Waals surface area (Å²) in [5.74, 6) is 1.62. The Kier molecular flexibility index (Phi) is 8.69. The van der Waals surface area contributed by atoms with E-state index < -0.39 is 0 Å². The van der Waals surface area contributed by atoms with E-state index in [0.717, 1.165) is 24.0 Å². The van der Waals surface area contributed by atoms with Crippen LogP contribution < -0.4 is 0 Å². The molecule has 2 aliphatic rings. The molecule has 3 unspecified atom stereocenters. The Morgan fingerprint density at radius 1 is 1.41 bits per heavy atom. The second-order valence-electron chi connectivity index (χ2n) is 7.28. The smallest absolute Gasteiger partial charge is 0.174 e. The lowest BCUT2D eigenvalue weighted by molar-refractivity contribution is 0.152. The van der Waals surface area contributed by atoms with Crippen LogP contribution in [0.5, 0.6) is 0 Å². The average molecular weight is 437 g/mol. The Balaban J connectivity index is 0.00000242. The third kappa shape index (κ3) is 5.36. The minimum atomic E-state index is 0. The Hall–Kier alpha value is 0.170. The molecule has 0 radical (unpaired) electrons. The Morgan fingerprint density at radius 2 is 2.18 bits per heavy atom. The highest BCUT2D eigenvalue weighted by atomic mass is 79.9. The maximum atomic E-state index is 5.14. The number of halogens is 2. The van der Waals surface area contributed by atoms with Crippen LogP contribution in [-0.4, -0.2) is 17.8 Å². The van der Waals surface area contributed by atoms with Crippen LogP contribution in [0, 0.1) is 17.3 Å². The highest BCUT2D eigenvalue weighted by Crippen LogP contribution is 2.45. The average Bonchev–Trinajstić information content (AvgIpc) is 2.95. The number of allylic oxidation sites excluding steroid dienone is 1. The van der Waals surface area contributed by atoms with Gasteiger partial charge >= 0.3 is 0 Å². The van der Waals surface area contributed by atoms with Gasteiger partial charge in [0.1, 0.15) is 6.61 Å². The first-order valence-corrected chi connectivity index (χ1v) is 9.41. The van der Waals surface area contributed by atoms with Crippen LogP contribution >= 0.6 is 32.9 Å². The van der Waals surface area contributed by atoms with Gasteiger partial charge in [-0.25, -0.2) is 4.99 Å². The van der Waals surface area contributed by atoms with Crippen molar-refractivity contribution in [1.82, 2.24) is 0 Å². The minimum Gasteiger partial charge on any atom is -0.477 e. The summed E-state index contributed by atoms with van der Waals surface area (Å²) in [4.78, 5) is 4.89. The largest absolute Gasteiger partial charge is 0.477 e. The van der Waals surface area contributed by atoms with Crippen molar-refractivity contribution in [3.8, 4) is 0 Å². The van der Waals surface area contributed by atoms with Crippen LogP contribution in [0.15, 0.2) is 16.8 Å². The lowest BCUT2D eigenvalue weighted by Crippen LogP contribution is -2.35. The first-order valence-electron chi connectivity index (χ1n) is 8.49. The molecule has 0 N–H and O–H groups in total. The number of aliphatic imine (C=N–C) groups is 1. The van der Waals surface area contributed by atoms with E-state index in [9.17, 15) is 0 Å². The molecule has 4 heteroatoms. The van der Waals surface area contributed by atoms with Gasteiger partial charge in [-0.3, -0.25) is 0 Å². The molecule has 2 rings (SSSR count). The second-order valence-corrected chi connectivity index (χ2v) is 8.39. The molecule has 1 fully saturated rings. The number of nitrogens with zero attached hydrogens (tertiary/aromatic N) is 1. The summed E-state index contributed by atoms with van der Waals surface area (Å²) >= 11 is 3.97. The number of ether oxygens (including phenoxy) is 1. The van der Waals surface area contributed by atoms with Crippen molar-refractivity contribution in [3.05, 3.63) is 11.8 Å². The van der Waals surface area contributed by atoms with Crippen molar-refractivity contribution in [2.75, 3.05) is 6.61 Å². The van der Waals surface area contributed by atoms with Crippen molar-refractivity contribution < 1.29 is 4.74 Å². The Morgan fingerprint density at radius 3 is 2.82 bits per heavy atom. The van der Waals surface area contributed by atoms with Crippen LogP contribution in [0.1, 0.15) is 65.7 Å². The molecule has 0 aromatic rings. The summed E-state index contributed by atoms with van der Waals surface area (Å²) in [6.07, 6.45) is 13.1. The Bertz CT molecular complexity index is 395. The maximum absolute atomic E-state index is 5.14. The molecule has 3 atom stereocenters. The summed E-state index contributed by atoms with van der Waals surface area (Å²) in [7, 11) is 0. The quantitative estimate of drug-likeness (QED) is 0.474. The lowest BCUT2D eigenvalue weighted by atomic mass is 9.68. The number of rotatable bonds is 4. The number of alkyl halides is 1. The van der Waals surface area contributed by atoms with Gasteiger partial charge in [0.2, 0.25) is 0 Å². The van der Waals surface area contributed by atoms with E-state index in [1.807, 2.05) is 0 Å². The summed E-state index contributed by atoms with van der Waals surface area (Å²) in [5.41, 5.74) is 1.55. The molecule has 1 saturated carbocycles. The molecule has 0 aromatic carbocycles. The SMILES string of the molecule is Br.CC(C)C1(C)CCC(CCC=C2COC=N2)CCCC1Br. The molecular formula is C18H31Br2NO. The van der Waals surface area contributed by atoms with Gasteiger partial charge in [-0.15, -0.1) is 17.0 Å². The van der Waals surface area contributed by atoms with Gasteiger partial charge in [0, 0.05) is 4.83 Å². The predicted molar refractivity (Wildman–Crippen MR) is 104 cm³/mol. The van der Waals surface area contributed by atoms with Crippen LogP contribution in [0.4, 0.5) is 0 Å². The lowest BCUT2D eigenvalue weighted by Gasteiger charge is -2.41. The molecule has 1 aliphatic carbocycles. The fourth-order valence-electron chi connectivity index (χ4n) is 3.53. The first-order chi connectivity index (χ1) is 10.0. The predicted octanol–water partition coefficient (Wildman–Crippen LogP) is 6.29. The second kappa shape index (κ2) is 9.46. The van der Waals surface area contributed by atoms with E-state index >= 15 is 0 Å². The number of hydrogen-bond donors (Lipinski definition) is 0. The zero-order valence-electron chi connectivity index (χ0n) is 14.2. The van der Waals surface area contributed by atoms with Crippen molar-refractivity contribution >= 4 is 39.3 Å². The van der Waals surface area contributed by atoms with Crippen LogP contribution in [0.3, 0.4) is 0 Å². The van der Waals surface area contributed by atoms with Crippen LogP contribution in [0.25, 0.3) is 0 Å². The summed E-state index contributed by atoms with van der Waals surface area (Å²) in [6.45, 7) is 7.91. The normalized spacial score (nSPS) is 34.1. The van der Waals surface area contributed by atoms with E-state index in [-0.39, 0.29) is 17.0 Å². The molecule has 1 heterocycles. The molecule has 0 spiro atoms. The van der Waals surface area contributed by atoms with Crippen molar-refractivity contribution in [3.63, 3.8) is 0 Å². The third-order valence-corrected chi connectivity index (χ3v) is 7.18. The van der Waals surface area contributed by atoms with Gasteiger partial charge in [-0.05, 0) is 49.4 Å². The van der Waals surface area contributed by atoms with Crippen molar-refractivity contribution in [2.45, 2.75) is 70.5 Å². The van der Waals surface area contributed by atoms with E-state index in [0.29, 0.717) is 16.8 Å². The van der Waals surface area contributed by atoms with Gasteiger partial charge in [-0.1, -0.05) is 55.6 Å². The standard InChI is InChI=1S/C18H30BrNO.BrH/c1-14(2)18(3)11-10-15(7-5-9-17(18)19)6-4-8-16-12-21-13-20-16;/h8,13-15,17H,4-7,9-12H2,1-3H3;1H. The molecule has 2 nitrogen and oxygen atoms in total. The van der Waals surface area contributed by atoms with Gasteiger partial charge in [-0.2, -0.15) is 0 Å². The monoisotopic (exact) mass is 435 g/mol. The minimum absolute atomic E-state index is 0. The van der Waals surface area contributed by atoms with Crippen molar-refractivity contribution in [1.29, 1.82) is 0 Å². The topological polar surface area (TPSA) is 21.6 Å². The van der Waals surface area contributed by atoms with E-state index in [1.54, 1.807) is 6.40 Å². The molecular weight excluding hydrogens is 406 g/mol. The van der Waals surface area contributed by atoms with Gasteiger partial charge in [0.25, 0.3) is 0 Å². The molecule has 0 amide bonds. The van der Waals surface area contributed by atoms with Crippen LogP contribution in [0.2, 0.25) is 0 Å². The van der Waals surface area contributed by atoms with Gasteiger partial charge in [0.05, 0.1) is 5.70 Å². The molecule has 0 bridgehead atoms. The van der Waals surface area contributed by atoms with Gasteiger partial charge < -0.3 is 4.74 Å². The molecule has 0 saturated heterocycles. The molecule has 1 aliphatic heterocycles. The summed E-state index contributed by atoms with van der Waals surface area (Å²) in [5, 5.41) is 0. The highest BCUT2D eigenvalue weighted by Gasteiger charge is 2.36. The van der Waals surface area contributed by atoms with Crippen molar-refractivity contribution in [2.24, 2.45) is 22.2 Å².